The van der Waals surface area contributed by atoms with Crippen molar-refractivity contribution in [3.05, 3.63) is 24.3 Å². The van der Waals surface area contributed by atoms with E-state index in [-0.39, 0.29) is 6.03 Å². The van der Waals surface area contributed by atoms with Crippen LogP contribution in [0.2, 0.25) is 0 Å². The van der Waals surface area contributed by atoms with Crippen molar-refractivity contribution in [2.45, 2.75) is 32.7 Å². The Morgan fingerprint density at radius 1 is 1.09 bits per heavy atom. The van der Waals surface area contributed by atoms with E-state index >= 15 is 0 Å². The molecule has 2 amide bonds. The van der Waals surface area contributed by atoms with Crippen LogP contribution in [0.1, 0.15) is 26.7 Å². The van der Waals surface area contributed by atoms with Crippen molar-refractivity contribution >= 4 is 17.4 Å². The summed E-state index contributed by atoms with van der Waals surface area (Å²) in [5, 5.41) is 3.07. The van der Waals surface area contributed by atoms with Gasteiger partial charge in [-0.25, -0.2) is 4.79 Å². The van der Waals surface area contributed by atoms with Gasteiger partial charge in [0.25, 0.3) is 0 Å². The van der Waals surface area contributed by atoms with E-state index in [1.165, 1.54) is 11.4 Å². The molecule has 1 aromatic rings. The zero-order chi connectivity index (χ0) is 16.2. The van der Waals surface area contributed by atoms with Crippen molar-refractivity contribution < 1.29 is 4.79 Å². The van der Waals surface area contributed by atoms with E-state index in [4.69, 9.17) is 0 Å². The Bertz CT molecular complexity index is 514. The topological polar surface area (TPSA) is 38.8 Å². The molecule has 23 heavy (non-hydrogen) atoms. The first-order valence-corrected chi connectivity index (χ1v) is 8.86. The molecular weight excluding hydrogens is 288 g/mol. The first-order chi connectivity index (χ1) is 11.2. The maximum absolute atomic E-state index is 12.1. The zero-order valence-corrected chi connectivity index (χ0v) is 14.3. The average molecular weight is 316 g/mol. The molecule has 5 nitrogen and oxygen atoms in total. The molecule has 1 N–H and O–H groups in total. The van der Waals surface area contributed by atoms with Crippen molar-refractivity contribution in [1.29, 1.82) is 0 Å². The van der Waals surface area contributed by atoms with E-state index in [1.807, 2.05) is 4.90 Å². The molecule has 1 saturated heterocycles. The van der Waals surface area contributed by atoms with Gasteiger partial charge in [0.15, 0.2) is 0 Å². The number of nitrogens with one attached hydrogen (secondary N) is 1. The molecule has 0 unspecified atom stereocenters. The summed E-state index contributed by atoms with van der Waals surface area (Å²) in [6.45, 7) is 9.85. The van der Waals surface area contributed by atoms with Gasteiger partial charge >= 0.3 is 6.03 Å². The standard InChI is InChI=1S/C18H28N4O/c1-3-20(4-2)16-7-9-17(10-8-16)21-11-13-22(14-12-21)18(23)19-15-5-6-15/h7-10,15H,3-6,11-14H2,1-2H3,(H,19,23). The number of urea groups is 1. The summed E-state index contributed by atoms with van der Waals surface area (Å²) in [4.78, 5) is 18.7. The predicted octanol–water partition coefficient (Wildman–Crippen LogP) is 2.53. The van der Waals surface area contributed by atoms with Crippen LogP contribution in [0.5, 0.6) is 0 Å². The van der Waals surface area contributed by atoms with Gasteiger partial charge in [-0.2, -0.15) is 0 Å². The van der Waals surface area contributed by atoms with Crippen LogP contribution >= 0.6 is 0 Å². The fourth-order valence-corrected chi connectivity index (χ4v) is 3.12. The third-order valence-corrected chi connectivity index (χ3v) is 4.82. The molecular formula is C18H28N4O. The number of amides is 2. The summed E-state index contributed by atoms with van der Waals surface area (Å²) in [6.07, 6.45) is 2.29. The number of carbonyl (C=O) groups excluding carboxylic acids is 1. The van der Waals surface area contributed by atoms with E-state index in [0.29, 0.717) is 6.04 Å². The van der Waals surface area contributed by atoms with E-state index in [1.54, 1.807) is 0 Å². The van der Waals surface area contributed by atoms with Crippen LogP contribution in [-0.2, 0) is 0 Å². The van der Waals surface area contributed by atoms with Crippen LogP contribution in [0, 0.1) is 0 Å². The van der Waals surface area contributed by atoms with Crippen molar-refractivity contribution in [3.8, 4) is 0 Å². The lowest BCUT2D eigenvalue weighted by molar-refractivity contribution is 0.194. The summed E-state index contributed by atoms with van der Waals surface area (Å²) >= 11 is 0. The zero-order valence-electron chi connectivity index (χ0n) is 14.3. The molecule has 1 saturated carbocycles. The Hall–Kier alpha value is -1.91. The molecule has 5 heteroatoms. The van der Waals surface area contributed by atoms with Crippen LogP contribution in [0.3, 0.4) is 0 Å². The monoisotopic (exact) mass is 316 g/mol. The second kappa shape index (κ2) is 7.11. The maximum Gasteiger partial charge on any atom is 0.317 e. The minimum absolute atomic E-state index is 0.115. The molecule has 0 bridgehead atoms. The van der Waals surface area contributed by atoms with Gasteiger partial charge in [-0.3, -0.25) is 0 Å². The van der Waals surface area contributed by atoms with Gasteiger partial charge in [0.1, 0.15) is 0 Å². The number of benzene rings is 1. The van der Waals surface area contributed by atoms with Gasteiger partial charge in [0.2, 0.25) is 0 Å². The number of carbonyl (C=O) groups is 1. The Morgan fingerprint density at radius 2 is 1.70 bits per heavy atom. The highest BCUT2D eigenvalue weighted by molar-refractivity contribution is 5.75. The van der Waals surface area contributed by atoms with E-state index < -0.39 is 0 Å². The van der Waals surface area contributed by atoms with Crippen molar-refractivity contribution in [3.63, 3.8) is 0 Å². The highest BCUT2D eigenvalue weighted by Gasteiger charge is 2.27. The van der Waals surface area contributed by atoms with Crippen molar-refractivity contribution in [1.82, 2.24) is 10.2 Å². The molecule has 0 atom stereocenters. The summed E-state index contributed by atoms with van der Waals surface area (Å²) in [5.41, 5.74) is 2.53. The largest absolute Gasteiger partial charge is 0.372 e. The highest BCUT2D eigenvalue weighted by Crippen LogP contribution is 2.22. The highest BCUT2D eigenvalue weighted by atomic mass is 16.2. The van der Waals surface area contributed by atoms with Gasteiger partial charge in [0.05, 0.1) is 0 Å². The third kappa shape index (κ3) is 3.89. The first kappa shape index (κ1) is 16.0. The molecule has 2 aliphatic rings. The summed E-state index contributed by atoms with van der Waals surface area (Å²) in [5.74, 6) is 0. The molecule has 2 fully saturated rings. The minimum atomic E-state index is 0.115. The number of hydrogen-bond acceptors (Lipinski definition) is 3. The molecule has 1 aliphatic heterocycles. The van der Waals surface area contributed by atoms with Crippen LogP contribution in [0.25, 0.3) is 0 Å². The molecule has 0 aromatic heterocycles. The fraction of sp³-hybridized carbons (Fsp3) is 0.611. The summed E-state index contributed by atoms with van der Waals surface area (Å²) < 4.78 is 0. The summed E-state index contributed by atoms with van der Waals surface area (Å²) in [7, 11) is 0. The number of hydrogen-bond donors (Lipinski definition) is 1. The predicted molar refractivity (Wildman–Crippen MR) is 95.3 cm³/mol. The normalized spacial score (nSPS) is 18.0. The van der Waals surface area contributed by atoms with Gasteiger partial charge < -0.3 is 20.0 Å². The van der Waals surface area contributed by atoms with Crippen LogP contribution in [0.15, 0.2) is 24.3 Å². The van der Waals surface area contributed by atoms with Gasteiger partial charge in [-0.1, -0.05) is 0 Å². The van der Waals surface area contributed by atoms with Gasteiger partial charge in [-0.15, -0.1) is 0 Å². The minimum Gasteiger partial charge on any atom is -0.372 e. The number of nitrogens with zero attached hydrogens (tertiary/aromatic N) is 3. The Kier molecular flexibility index (Phi) is 4.94. The Labute approximate surface area is 139 Å². The van der Waals surface area contributed by atoms with Crippen molar-refractivity contribution in [2.75, 3.05) is 49.1 Å². The van der Waals surface area contributed by atoms with Crippen LogP contribution < -0.4 is 15.1 Å². The summed E-state index contributed by atoms with van der Waals surface area (Å²) in [6, 6.07) is 9.36. The van der Waals surface area contributed by atoms with Crippen molar-refractivity contribution in [2.24, 2.45) is 0 Å². The lowest BCUT2D eigenvalue weighted by Crippen LogP contribution is -2.52. The van der Waals surface area contributed by atoms with E-state index in [9.17, 15) is 4.79 Å². The molecule has 1 aromatic carbocycles. The second-order valence-electron chi connectivity index (χ2n) is 6.39. The van der Waals surface area contributed by atoms with E-state index in [2.05, 4.69) is 53.2 Å². The molecule has 3 rings (SSSR count). The number of anilines is 2. The lowest BCUT2D eigenvalue weighted by atomic mass is 10.2. The van der Waals surface area contributed by atoms with Crippen LogP contribution in [-0.4, -0.2) is 56.2 Å². The smallest absolute Gasteiger partial charge is 0.317 e. The lowest BCUT2D eigenvalue weighted by Gasteiger charge is -2.36. The Morgan fingerprint density at radius 3 is 2.22 bits per heavy atom. The Balaban J connectivity index is 1.53. The first-order valence-electron chi connectivity index (χ1n) is 8.86. The molecule has 126 valence electrons. The SMILES string of the molecule is CCN(CC)c1ccc(N2CCN(C(=O)NC3CC3)CC2)cc1. The van der Waals surface area contributed by atoms with Crippen LogP contribution in [0.4, 0.5) is 16.2 Å². The third-order valence-electron chi connectivity index (χ3n) is 4.82. The fourth-order valence-electron chi connectivity index (χ4n) is 3.12. The van der Waals surface area contributed by atoms with E-state index in [0.717, 1.165) is 52.1 Å². The molecule has 1 aliphatic carbocycles. The quantitative estimate of drug-likeness (QED) is 0.907. The number of piperazine rings is 1. The molecule has 0 spiro atoms. The molecule has 1 heterocycles. The van der Waals surface area contributed by atoms with Gasteiger partial charge in [0, 0.05) is 56.7 Å². The average Bonchev–Trinajstić information content (AvgIpc) is 3.41. The van der Waals surface area contributed by atoms with Gasteiger partial charge in [-0.05, 0) is 51.0 Å². The number of rotatable bonds is 5. The second-order valence-corrected chi connectivity index (χ2v) is 6.39. The molecule has 0 radical (unpaired) electrons. The maximum atomic E-state index is 12.1.